The van der Waals surface area contributed by atoms with Gasteiger partial charge in [0.25, 0.3) is 5.56 Å². The van der Waals surface area contributed by atoms with Gasteiger partial charge in [-0.3, -0.25) is 9.36 Å². The Morgan fingerprint density at radius 1 is 1.53 bits per heavy atom. The van der Waals surface area contributed by atoms with E-state index in [0.717, 1.165) is 4.47 Å². The largest absolute Gasteiger partial charge is 0.283 e. The summed E-state index contributed by atoms with van der Waals surface area (Å²) in [6, 6.07) is 5.39. The molecule has 0 atom stereocenters. The van der Waals surface area contributed by atoms with Gasteiger partial charge in [-0.15, -0.1) is 0 Å². The average Bonchev–Trinajstić information content (AvgIpc) is 2.20. The van der Waals surface area contributed by atoms with Crippen molar-refractivity contribution in [3.8, 4) is 0 Å². The molecule has 0 aliphatic rings. The van der Waals surface area contributed by atoms with Gasteiger partial charge in [0, 0.05) is 11.0 Å². The van der Waals surface area contributed by atoms with Crippen LogP contribution < -0.4 is 5.56 Å². The van der Waals surface area contributed by atoms with Gasteiger partial charge in [0.15, 0.2) is 0 Å². The summed E-state index contributed by atoms with van der Waals surface area (Å²) in [4.78, 5) is 16.1. The second-order valence-corrected chi connectivity index (χ2v) is 4.26. The van der Waals surface area contributed by atoms with Gasteiger partial charge in [0.1, 0.15) is 0 Å². The maximum Gasteiger partial charge on any atom is 0.262 e. The third-order valence-corrected chi connectivity index (χ3v) is 3.13. The molecule has 5 heteroatoms. The lowest BCUT2D eigenvalue weighted by Gasteiger charge is -2.06. The number of hydrogen-bond donors (Lipinski definition) is 0. The minimum atomic E-state index is -0.103. The van der Waals surface area contributed by atoms with E-state index in [4.69, 9.17) is 11.6 Å². The summed E-state index contributed by atoms with van der Waals surface area (Å²) in [5.74, 6) is 0. The van der Waals surface area contributed by atoms with E-state index >= 15 is 0 Å². The minimum absolute atomic E-state index is 0.103. The van der Waals surface area contributed by atoms with Crippen LogP contribution in [0.1, 0.15) is 6.92 Å². The summed E-state index contributed by atoms with van der Waals surface area (Å²) in [7, 11) is 0. The van der Waals surface area contributed by atoms with Crippen LogP contribution in [0.3, 0.4) is 0 Å². The van der Waals surface area contributed by atoms with Crippen molar-refractivity contribution in [2.75, 3.05) is 0 Å². The molecule has 15 heavy (non-hydrogen) atoms. The Kier molecular flexibility index (Phi) is 2.80. The highest BCUT2D eigenvalue weighted by Gasteiger charge is 2.09. The number of rotatable bonds is 1. The smallest absolute Gasteiger partial charge is 0.262 e. The predicted molar refractivity (Wildman–Crippen MR) is 64.4 cm³/mol. The van der Waals surface area contributed by atoms with Crippen molar-refractivity contribution in [1.82, 2.24) is 9.55 Å². The summed E-state index contributed by atoms with van der Waals surface area (Å²) >= 11 is 9.25. The van der Waals surface area contributed by atoms with Gasteiger partial charge in [-0.1, -0.05) is 6.07 Å². The molecule has 0 saturated carbocycles. The van der Waals surface area contributed by atoms with Gasteiger partial charge >= 0.3 is 0 Å². The van der Waals surface area contributed by atoms with Crippen molar-refractivity contribution in [3.63, 3.8) is 0 Å². The molecule has 0 bridgehead atoms. The molecule has 0 aliphatic heterocycles. The Bertz CT molecular complexity index is 579. The molecule has 0 fully saturated rings. The fourth-order valence-corrected chi connectivity index (χ4v) is 2.19. The maximum atomic E-state index is 12.0. The van der Waals surface area contributed by atoms with Crippen molar-refractivity contribution in [3.05, 3.63) is 38.3 Å². The quantitative estimate of drug-likeness (QED) is 0.756. The molecule has 0 N–H and O–H groups in total. The molecule has 0 aliphatic carbocycles. The normalized spacial score (nSPS) is 10.9. The van der Waals surface area contributed by atoms with E-state index in [1.165, 1.54) is 4.57 Å². The van der Waals surface area contributed by atoms with Crippen LogP contribution in [-0.4, -0.2) is 9.55 Å². The highest BCUT2D eigenvalue weighted by molar-refractivity contribution is 9.10. The summed E-state index contributed by atoms with van der Waals surface area (Å²) in [5.41, 5.74) is 0.506. The molecule has 1 aromatic carbocycles. The van der Waals surface area contributed by atoms with Gasteiger partial charge in [-0.25, -0.2) is 4.98 Å². The van der Waals surface area contributed by atoms with Gasteiger partial charge in [-0.05, 0) is 46.6 Å². The van der Waals surface area contributed by atoms with Gasteiger partial charge in [0.2, 0.25) is 5.28 Å². The summed E-state index contributed by atoms with van der Waals surface area (Å²) in [6.45, 7) is 2.38. The minimum Gasteiger partial charge on any atom is -0.283 e. The van der Waals surface area contributed by atoms with E-state index < -0.39 is 0 Å². The lowest BCUT2D eigenvalue weighted by molar-refractivity contribution is 0.718. The molecule has 3 nitrogen and oxygen atoms in total. The monoisotopic (exact) mass is 286 g/mol. The van der Waals surface area contributed by atoms with Crippen LogP contribution in [0.4, 0.5) is 0 Å². The maximum absolute atomic E-state index is 12.0. The van der Waals surface area contributed by atoms with Crippen LogP contribution in [0, 0.1) is 0 Å². The zero-order valence-corrected chi connectivity index (χ0v) is 10.3. The molecule has 0 spiro atoms. The number of aromatic nitrogens is 2. The van der Waals surface area contributed by atoms with Crippen LogP contribution in [-0.2, 0) is 6.54 Å². The molecule has 0 radical (unpaired) electrons. The average molecular weight is 288 g/mol. The topological polar surface area (TPSA) is 34.9 Å². The molecule has 2 rings (SSSR count). The molecule has 0 amide bonds. The van der Waals surface area contributed by atoms with Gasteiger partial charge in [-0.2, -0.15) is 0 Å². The van der Waals surface area contributed by atoms with Crippen molar-refractivity contribution in [2.24, 2.45) is 0 Å². The van der Waals surface area contributed by atoms with Gasteiger partial charge in [0.05, 0.1) is 10.9 Å². The fourth-order valence-electron chi connectivity index (χ4n) is 1.46. The third-order valence-electron chi connectivity index (χ3n) is 2.21. The molecule has 2 aromatic rings. The Hall–Kier alpha value is -0.870. The summed E-state index contributed by atoms with van der Waals surface area (Å²) in [6.07, 6.45) is 0. The molecule has 0 unspecified atom stereocenters. The highest BCUT2D eigenvalue weighted by atomic mass is 79.9. The zero-order valence-electron chi connectivity index (χ0n) is 8.00. The number of fused-ring (bicyclic) bond motifs is 1. The zero-order chi connectivity index (χ0) is 11.0. The second-order valence-electron chi connectivity index (χ2n) is 3.07. The van der Waals surface area contributed by atoms with E-state index in [2.05, 4.69) is 20.9 Å². The fraction of sp³-hybridized carbons (Fsp3) is 0.200. The first-order chi connectivity index (χ1) is 7.15. The molecule has 1 aromatic heterocycles. The number of nitrogens with zero attached hydrogens (tertiary/aromatic N) is 2. The van der Waals surface area contributed by atoms with E-state index in [9.17, 15) is 4.79 Å². The van der Waals surface area contributed by atoms with E-state index in [0.29, 0.717) is 17.4 Å². The first-order valence-electron chi connectivity index (χ1n) is 4.49. The molecular weight excluding hydrogens is 279 g/mol. The predicted octanol–water partition coefficient (Wildman–Crippen LogP) is 2.83. The SMILES string of the molecule is CCn1c(Cl)nc2c(Br)cccc2c1=O. The Morgan fingerprint density at radius 2 is 2.27 bits per heavy atom. The third kappa shape index (κ3) is 1.68. The second kappa shape index (κ2) is 3.94. The summed E-state index contributed by atoms with van der Waals surface area (Å²) < 4.78 is 2.22. The molecule has 78 valence electrons. The Balaban J connectivity index is 2.98. The van der Waals surface area contributed by atoms with Crippen LogP contribution >= 0.6 is 27.5 Å². The number of hydrogen-bond acceptors (Lipinski definition) is 2. The molecule has 1 heterocycles. The van der Waals surface area contributed by atoms with E-state index in [-0.39, 0.29) is 10.8 Å². The lowest BCUT2D eigenvalue weighted by Crippen LogP contribution is -2.21. The number of para-hydroxylation sites is 1. The van der Waals surface area contributed by atoms with Crippen molar-refractivity contribution < 1.29 is 0 Å². The summed E-state index contributed by atoms with van der Waals surface area (Å²) in [5, 5.41) is 0.803. The van der Waals surface area contributed by atoms with Crippen LogP contribution in [0.2, 0.25) is 5.28 Å². The van der Waals surface area contributed by atoms with Crippen LogP contribution in [0.5, 0.6) is 0 Å². The first kappa shape index (κ1) is 10.6. The number of halogens is 2. The van der Waals surface area contributed by atoms with Crippen molar-refractivity contribution >= 4 is 38.4 Å². The van der Waals surface area contributed by atoms with Crippen LogP contribution in [0.25, 0.3) is 10.9 Å². The van der Waals surface area contributed by atoms with E-state index in [1.807, 2.05) is 19.1 Å². The Morgan fingerprint density at radius 3 is 2.93 bits per heavy atom. The molecule has 0 saturated heterocycles. The highest BCUT2D eigenvalue weighted by Crippen LogP contribution is 2.20. The van der Waals surface area contributed by atoms with E-state index in [1.54, 1.807) is 6.07 Å². The molecular formula is C10H8BrClN2O. The standard InChI is InChI=1S/C10H8BrClN2O/c1-2-14-9(15)6-4-3-5-7(11)8(6)13-10(14)12/h3-5H,2H2,1H3. The Labute approximate surface area is 99.8 Å². The van der Waals surface area contributed by atoms with Gasteiger partial charge < -0.3 is 0 Å². The first-order valence-corrected chi connectivity index (χ1v) is 5.66. The van der Waals surface area contributed by atoms with Crippen molar-refractivity contribution in [2.45, 2.75) is 13.5 Å². The number of benzene rings is 1. The van der Waals surface area contributed by atoms with Crippen LogP contribution in [0.15, 0.2) is 27.5 Å². The lowest BCUT2D eigenvalue weighted by atomic mass is 10.2. The van der Waals surface area contributed by atoms with Crippen molar-refractivity contribution in [1.29, 1.82) is 0 Å².